The van der Waals surface area contributed by atoms with E-state index in [-0.39, 0.29) is 5.91 Å². The lowest BCUT2D eigenvalue weighted by atomic mass is 10.0. The number of anilines is 1. The second kappa shape index (κ2) is 5.19. The van der Waals surface area contributed by atoms with Crippen LogP contribution in [-0.4, -0.2) is 25.6 Å². The predicted molar refractivity (Wildman–Crippen MR) is 67.3 cm³/mol. The van der Waals surface area contributed by atoms with Gasteiger partial charge in [0.15, 0.2) is 0 Å². The molecule has 0 saturated heterocycles. The summed E-state index contributed by atoms with van der Waals surface area (Å²) in [6.07, 6.45) is 1.38. The van der Waals surface area contributed by atoms with Crippen LogP contribution in [0.5, 0.6) is 5.75 Å². The van der Waals surface area contributed by atoms with Gasteiger partial charge in [0.1, 0.15) is 12.4 Å². The molecule has 1 amide bonds. The Labute approximate surface area is 101 Å². The molecule has 1 aromatic carbocycles. The SMILES string of the molecule is CCN1C(=O)CCc2cc(OCCN)ccc21. The molecule has 1 aliphatic rings. The Morgan fingerprint density at radius 1 is 1.41 bits per heavy atom. The zero-order chi connectivity index (χ0) is 12.3. The van der Waals surface area contributed by atoms with E-state index < -0.39 is 0 Å². The van der Waals surface area contributed by atoms with E-state index >= 15 is 0 Å². The predicted octanol–water partition coefficient (Wildman–Crippen LogP) is 1.32. The number of carbonyl (C=O) groups is 1. The number of hydrogen-bond donors (Lipinski definition) is 1. The van der Waals surface area contributed by atoms with Gasteiger partial charge in [0.2, 0.25) is 5.91 Å². The second-order valence-corrected chi connectivity index (χ2v) is 4.07. The van der Waals surface area contributed by atoms with E-state index in [1.165, 1.54) is 5.56 Å². The van der Waals surface area contributed by atoms with Gasteiger partial charge in [-0.05, 0) is 37.1 Å². The van der Waals surface area contributed by atoms with E-state index in [0.717, 1.165) is 24.4 Å². The van der Waals surface area contributed by atoms with Gasteiger partial charge >= 0.3 is 0 Å². The summed E-state index contributed by atoms with van der Waals surface area (Å²) in [7, 11) is 0. The number of benzene rings is 1. The van der Waals surface area contributed by atoms with E-state index in [1.54, 1.807) is 0 Å². The highest BCUT2D eigenvalue weighted by molar-refractivity contribution is 5.96. The van der Waals surface area contributed by atoms with E-state index in [0.29, 0.717) is 19.6 Å². The summed E-state index contributed by atoms with van der Waals surface area (Å²) >= 11 is 0. The van der Waals surface area contributed by atoms with Crippen LogP contribution in [-0.2, 0) is 11.2 Å². The zero-order valence-electron chi connectivity index (χ0n) is 10.1. The van der Waals surface area contributed by atoms with Gasteiger partial charge in [0.05, 0.1) is 0 Å². The Morgan fingerprint density at radius 2 is 2.24 bits per heavy atom. The van der Waals surface area contributed by atoms with Crippen LogP contribution in [0.2, 0.25) is 0 Å². The molecule has 0 aliphatic carbocycles. The summed E-state index contributed by atoms with van der Waals surface area (Å²) in [6.45, 7) is 3.74. The Bertz CT molecular complexity index is 418. The molecule has 0 unspecified atom stereocenters. The van der Waals surface area contributed by atoms with Crippen LogP contribution in [0.3, 0.4) is 0 Å². The average molecular weight is 234 g/mol. The highest BCUT2D eigenvalue weighted by Gasteiger charge is 2.22. The van der Waals surface area contributed by atoms with E-state index in [2.05, 4.69) is 0 Å². The summed E-state index contributed by atoms with van der Waals surface area (Å²) in [5, 5.41) is 0. The van der Waals surface area contributed by atoms with Crippen molar-refractivity contribution in [3.05, 3.63) is 23.8 Å². The minimum Gasteiger partial charge on any atom is -0.492 e. The molecule has 0 fully saturated rings. The third-order valence-electron chi connectivity index (χ3n) is 2.95. The van der Waals surface area contributed by atoms with E-state index in [9.17, 15) is 4.79 Å². The Morgan fingerprint density at radius 3 is 2.94 bits per heavy atom. The number of ether oxygens (including phenoxy) is 1. The van der Waals surface area contributed by atoms with Crippen molar-refractivity contribution in [1.29, 1.82) is 0 Å². The van der Waals surface area contributed by atoms with Crippen LogP contribution in [0.1, 0.15) is 18.9 Å². The molecule has 1 aromatic rings. The molecule has 4 nitrogen and oxygen atoms in total. The molecule has 0 saturated carbocycles. The van der Waals surface area contributed by atoms with E-state index in [4.69, 9.17) is 10.5 Å². The van der Waals surface area contributed by atoms with Crippen molar-refractivity contribution in [3.8, 4) is 5.75 Å². The fraction of sp³-hybridized carbons (Fsp3) is 0.462. The lowest BCUT2D eigenvalue weighted by molar-refractivity contribution is -0.118. The van der Waals surface area contributed by atoms with Crippen LogP contribution in [0.25, 0.3) is 0 Å². The summed E-state index contributed by atoms with van der Waals surface area (Å²) < 4.78 is 5.49. The molecule has 0 radical (unpaired) electrons. The van der Waals surface area contributed by atoms with Gasteiger partial charge in [-0.3, -0.25) is 4.79 Å². The number of fused-ring (bicyclic) bond motifs is 1. The van der Waals surface area contributed by atoms with Crippen molar-refractivity contribution in [2.75, 3.05) is 24.6 Å². The minimum atomic E-state index is 0.204. The highest BCUT2D eigenvalue weighted by atomic mass is 16.5. The van der Waals surface area contributed by atoms with Crippen molar-refractivity contribution in [1.82, 2.24) is 0 Å². The summed E-state index contributed by atoms with van der Waals surface area (Å²) in [4.78, 5) is 13.5. The molecular weight excluding hydrogens is 216 g/mol. The van der Waals surface area contributed by atoms with Gasteiger partial charge in [-0.25, -0.2) is 0 Å². The number of hydrogen-bond acceptors (Lipinski definition) is 3. The molecule has 0 bridgehead atoms. The van der Waals surface area contributed by atoms with Crippen molar-refractivity contribution >= 4 is 11.6 Å². The van der Waals surface area contributed by atoms with Crippen LogP contribution in [0.15, 0.2) is 18.2 Å². The van der Waals surface area contributed by atoms with Crippen molar-refractivity contribution in [2.45, 2.75) is 19.8 Å². The first-order valence-corrected chi connectivity index (χ1v) is 6.02. The summed E-state index contributed by atoms with van der Waals surface area (Å²) in [5.41, 5.74) is 7.60. The zero-order valence-corrected chi connectivity index (χ0v) is 10.1. The first kappa shape index (κ1) is 11.9. The van der Waals surface area contributed by atoms with Gasteiger partial charge in [-0.2, -0.15) is 0 Å². The third kappa shape index (κ3) is 2.42. The number of amides is 1. The minimum absolute atomic E-state index is 0.204. The molecule has 1 aliphatic heterocycles. The maximum Gasteiger partial charge on any atom is 0.227 e. The largest absolute Gasteiger partial charge is 0.492 e. The van der Waals surface area contributed by atoms with Crippen LogP contribution >= 0.6 is 0 Å². The van der Waals surface area contributed by atoms with Crippen molar-refractivity contribution < 1.29 is 9.53 Å². The number of nitrogens with two attached hydrogens (primary N) is 1. The quantitative estimate of drug-likeness (QED) is 0.855. The Kier molecular flexibility index (Phi) is 3.64. The maximum absolute atomic E-state index is 11.7. The van der Waals surface area contributed by atoms with Gasteiger partial charge in [-0.15, -0.1) is 0 Å². The van der Waals surface area contributed by atoms with Gasteiger partial charge in [0, 0.05) is 25.2 Å². The second-order valence-electron chi connectivity index (χ2n) is 4.07. The van der Waals surface area contributed by atoms with E-state index in [1.807, 2.05) is 30.0 Å². The molecule has 92 valence electrons. The average Bonchev–Trinajstić information content (AvgIpc) is 2.36. The molecule has 0 aromatic heterocycles. The monoisotopic (exact) mass is 234 g/mol. The van der Waals surface area contributed by atoms with Gasteiger partial charge in [-0.1, -0.05) is 0 Å². The van der Waals surface area contributed by atoms with Gasteiger partial charge in [0.25, 0.3) is 0 Å². The molecule has 1 heterocycles. The van der Waals surface area contributed by atoms with Crippen LogP contribution in [0.4, 0.5) is 5.69 Å². The van der Waals surface area contributed by atoms with Crippen molar-refractivity contribution in [3.63, 3.8) is 0 Å². The van der Waals surface area contributed by atoms with Crippen molar-refractivity contribution in [2.24, 2.45) is 5.73 Å². The highest BCUT2D eigenvalue weighted by Crippen LogP contribution is 2.30. The molecule has 0 spiro atoms. The Hall–Kier alpha value is -1.55. The first-order chi connectivity index (χ1) is 8.26. The summed E-state index contributed by atoms with van der Waals surface area (Å²) in [6, 6.07) is 5.87. The first-order valence-electron chi connectivity index (χ1n) is 6.02. The smallest absolute Gasteiger partial charge is 0.227 e. The molecular formula is C13H18N2O2. The lowest BCUT2D eigenvalue weighted by Gasteiger charge is -2.28. The fourth-order valence-electron chi connectivity index (χ4n) is 2.15. The molecule has 2 rings (SSSR count). The number of nitrogens with zero attached hydrogens (tertiary/aromatic N) is 1. The number of carbonyl (C=O) groups excluding carboxylic acids is 1. The topological polar surface area (TPSA) is 55.6 Å². The van der Waals surface area contributed by atoms with Crippen LogP contribution < -0.4 is 15.4 Å². The molecule has 2 N–H and O–H groups in total. The number of rotatable bonds is 4. The fourth-order valence-corrected chi connectivity index (χ4v) is 2.15. The normalized spacial score (nSPS) is 14.7. The standard InChI is InChI=1S/C13H18N2O2/c1-2-15-12-5-4-11(17-8-7-14)9-10(12)3-6-13(15)16/h4-5,9H,2-3,6-8,14H2,1H3. The lowest BCUT2D eigenvalue weighted by Crippen LogP contribution is -2.34. The molecule has 17 heavy (non-hydrogen) atoms. The number of aryl methyl sites for hydroxylation is 1. The Balaban J connectivity index is 2.24. The summed E-state index contributed by atoms with van der Waals surface area (Å²) in [5.74, 6) is 1.04. The van der Waals surface area contributed by atoms with Crippen LogP contribution in [0, 0.1) is 0 Å². The molecule has 0 atom stereocenters. The molecule has 4 heteroatoms. The maximum atomic E-state index is 11.7. The third-order valence-corrected chi connectivity index (χ3v) is 2.95. The van der Waals surface area contributed by atoms with Gasteiger partial charge < -0.3 is 15.4 Å².